The van der Waals surface area contributed by atoms with Gasteiger partial charge in [0.05, 0.1) is 24.7 Å². The maximum absolute atomic E-state index is 12.4. The summed E-state index contributed by atoms with van der Waals surface area (Å²) >= 11 is 5.94. The Kier molecular flexibility index (Phi) is 10.2. The molecular formula is C27H37ClN2O3. The monoisotopic (exact) mass is 472 g/mol. The number of piperidine rings is 1. The summed E-state index contributed by atoms with van der Waals surface area (Å²) in [6.45, 7) is 8.61. The number of hydrogen-bond acceptors (Lipinski definition) is 5. The highest BCUT2D eigenvalue weighted by Gasteiger charge is 2.32. The number of nitrogens with one attached hydrogen (secondary N) is 2. The average molecular weight is 473 g/mol. The van der Waals surface area contributed by atoms with Crippen LogP contribution in [-0.2, 0) is 14.3 Å². The van der Waals surface area contributed by atoms with Gasteiger partial charge in [-0.15, -0.1) is 0 Å². The summed E-state index contributed by atoms with van der Waals surface area (Å²) < 4.78 is 11.2. The lowest BCUT2D eigenvalue weighted by Crippen LogP contribution is -2.42. The summed E-state index contributed by atoms with van der Waals surface area (Å²) in [5.74, 6) is -0.301. The third-order valence-corrected chi connectivity index (χ3v) is 6.25. The van der Waals surface area contributed by atoms with E-state index >= 15 is 0 Å². The van der Waals surface area contributed by atoms with E-state index in [0.29, 0.717) is 6.04 Å². The summed E-state index contributed by atoms with van der Waals surface area (Å²) in [7, 11) is 0. The van der Waals surface area contributed by atoms with Gasteiger partial charge in [0.2, 0.25) is 0 Å². The largest absolute Gasteiger partial charge is 0.462 e. The highest BCUT2D eigenvalue weighted by atomic mass is 35.5. The van der Waals surface area contributed by atoms with Crippen molar-refractivity contribution < 1.29 is 14.3 Å². The fourth-order valence-corrected chi connectivity index (χ4v) is 4.65. The normalized spacial score (nSPS) is 23.8. The molecule has 33 heavy (non-hydrogen) atoms. The minimum atomic E-state index is -0.191. The molecule has 2 heterocycles. The van der Waals surface area contributed by atoms with Gasteiger partial charge in [-0.3, -0.25) is 4.79 Å². The first-order valence-corrected chi connectivity index (χ1v) is 12.4. The van der Waals surface area contributed by atoms with Crippen molar-refractivity contribution in [1.29, 1.82) is 0 Å². The quantitative estimate of drug-likeness (QED) is 0.582. The van der Waals surface area contributed by atoms with Crippen molar-refractivity contribution in [3.05, 3.63) is 70.7 Å². The SMILES string of the molecule is CC(C)OC(=O)C(c1ccccc1)C1CCCCN1.CC1NCCOC1c1cccc(Cl)c1. The maximum atomic E-state index is 12.4. The number of rotatable bonds is 5. The molecule has 2 aliphatic heterocycles. The number of hydrogen-bond donors (Lipinski definition) is 2. The van der Waals surface area contributed by atoms with Gasteiger partial charge in [0.25, 0.3) is 0 Å². The van der Waals surface area contributed by atoms with E-state index in [1.54, 1.807) is 0 Å². The van der Waals surface area contributed by atoms with Crippen molar-refractivity contribution in [2.24, 2.45) is 0 Å². The lowest BCUT2D eigenvalue weighted by atomic mass is 9.86. The van der Waals surface area contributed by atoms with Crippen LogP contribution in [-0.4, -0.2) is 43.9 Å². The van der Waals surface area contributed by atoms with Crippen molar-refractivity contribution in [2.75, 3.05) is 19.7 Å². The van der Waals surface area contributed by atoms with Crippen molar-refractivity contribution in [1.82, 2.24) is 10.6 Å². The highest BCUT2D eigenvalue weighted by molar-refractivity contribution is 6.30. The predicted octanol–water partition coefficient (Wildman–Crippen LogP) is 5.25. The van der Waals surface area contributed by atoms with E-state index in [0.717, 1.165) is 42.3 Å². The van der Waals surface area contributed by atoms with E-state index < -0.39 is 0 Å². The fourth-order valence-electron chi connectivity index (χ4n) is 4.45. The Bertz CT molecular complexity index is 855. The Hall–Kier alpha value is -1.92. The Morgan fingerprint density at radius 3 is 2.48 bits per heavy atom. The van der Waals surface area contributed by atoms with Crippen LogP contribution in [0.1, 0.15) is 63.2 Å². The van der Waals surface area contributed by atoms with Crippen molar-refractivity contribution in [3.8, 4) is 0 Å². The second-order valence-electron chi connectivity index (χ2n) is 9.02. The molecule has 4 rings (SSSR count). The minimum absolute atomic E-state index is 0.0673. The number of benzene rings is 2. The first-order valence-electron chi connectivity index (χ1n) is 12.0. The second kappa shape index (κ2) is 13.1. The molecule has 0 aliphatic carbocycles. The number of ether oxygens (including phenoxy) is 2. The lowest BCUT2D eigenvalue weighted by molar-refractivity contribution is -0.150. The first-order chi connectivity index (χ1) is 16.0. The van der Waals surface area contributed by atoms with Gasteiger partial charge in [-0.1, -0.05) is 60.5 Å². The van der Waals surface area contributed by atoms with Crippen molar-refractivity contribution in [3.63, 3.8) is 0 Å². The molecule has 0 amide bonds. The predicted molar refractivity (Wildman–Crippen MR) is 134 cm³/mol. The van der Waals surface area contributed by atoms with Crippen molar-refractivity contribution >= 4 is 17.6 Å². The first kappa shape index (κ1) is 25.7. The number of halogens is 1. The molecule has 5 nitrogen and oxygen atoms in total. The fraction of sp³-hybridized carbons (Fsp3) is 0.519. The molecule has 180 valence electrons. The number of esters is 1. The number of morpholine rings is 1. The molecule has 0 spiro atoms. The van der Waals surface area contributed by atoms with Gasteiger partial charge in [-0.25, -0.2) is 0 Å². The Morgan fingerprint density at radius 1 is 1.06 bits per heavy atom. The molecule has 0 aromatic heterocycles. The third kappa shape index (κ3) is 7.82. The molecule has 2 fully saturated rings. The van der Waals surface area contributed by atoms with Crippen LogP contribution >= 0.6 is 11.6 Å². The molecular weight excluding hydrogens is 436 g/mol. The van der Waals surface area contributed by atoms with Crippen LogP contribution < -0.4 is 10.6 Å². The number of carbonyl (C=O) groups excluding carboxylic acids is 1. The van der Waals surface area contributed by atoms with Gasteiger partial charge in [-0.2, -0.15) is 0 Å². The average Bonchev–Trinajstić information content (AvgIpc) is 2.81. The Labute approximate surface area is 203 Å². The molecule has 2 aromatic rings. The van der Waals surface area contributed by atoms with Crippen LogP contribution in [0.2, 0.25) is 5.02 Å². The van der Waals surface area contributed by atoms with Crippen LogP contribution in [0.15, 0.2) is 54.6 Å². The van der Waals surface area contributed by atoms with E-state index in [9.17, 15) is 4.79 Å². The van der Waals surface area contributed by atoms with Gasteiger partial charge in [0, 0.05) is 23.7 Å². The lowest BCUT2D eigenvalue weighted by Gasteiger charge is -2.30. The minimum Gasteiger partial charge on any atom is -0.462 e. The standard InChI is InChI=1S/C16H23NO2.C11H14ClNO/c1-12(2)19-16(18)15(13-8-4-3-5-9-13)14-10-6-7-11-17-14;1-8-11(14-6-5-13-8)9-3-2-4-10(12)7-9/h3-5,8-9,12,14-15,17H,6-7,10-11H2,1-2H3;2-4,7-8,11,13H,5-6H2,1H3. The van der Waals surface area contributed by atoms with Crippen LogP contribution in [0.4, 0.5) is 0 Å². The molecule has 0 saturated carbocycles. The topological polar surface area (TPSA) is 59.6 Å². The molecule has 2 aromatic carbocycles. The molecule has 0 bridgehead atoms. The van der Waals surface area contributed by atoms with E-state index in [1.807, 2.05) is 62.4 Å². The molecule has 2 aliphatic rings. The van der Waals surface area contributed by atoms with Gasteiger partial charge >= 0.3 is 5.97 Å². The highest BCUT2D eigenvalue weighted by Crippen LogP contribution is 2.27. The third-order valence-electron chi connectivity index (χ3n) is 6.01. The molecule has 2 saturated heterocycles. The summed E-state index contributed by atoms with van der Waals surface area (Å²) in [5.41, 5.74) is 2.20. The second-order valence-corrected chi connectivity index (χ2v) is 9.46. The van der Waals surface area contributed by atoms with Crippen molar-refractivity contribution in [2.45, 2.75) is 70.2 Å². The van der Waals surface area contributed by atoms with Gasteiger partial charge in [0.1, 0.15) is 0 Å². The summed E-state index contributed by atoms with van der Waals surface area (Å²) in [6, 6.07) is 18.4. The van der Waals surface area contributed by atoms with E-state index in [-0.39, 0.29) is 30.1 Å². The molecule has 0 radical (unpaired) electrons. The summed E-state index contributed by atoms with van der Waals surface area (Å²) in [4.78, 5) is 12.4. The zero-order valence-corrected chi connectivity index (χ0v) is 20.7. The smallest absolute Gasteiger partial charge is 0.315 e. The van der Waals surface area contributed by atoms with Crippen LogP contribution in [0.3, 0.4) is 0 Å². The number of carbonyl (C=O) groups is 1. The maximum Gasteiger partial charge on any atom is 0.315 e. The molecule has 4 atom stereocenters. The molecule has 4 unspecified atom stereocenters. The zero-order valence-electron chi connectivity index (χ0n) is 19.9. The summed E-state index contributed by atoms with van der Waals surface area (Å²) in [5, 5.41) is 7.62. The van der Waals surface area contributed by atoms with Crippen LogP contribution in [0.5, 0.6) is 0 Å². The molecule has 6 heteroatoms. The van der Waals surface area contributed by atoms with Crippen LogP contribution in [0.25, 0.3) is 0 Å². The van der Waals surface area contributed by atoms with Gasteiger partial charge < -0.3 is 20.1 Å². The summed E-state index contributed by atoms with van der Waals surface area (Å²) in [6.07, 6.45) is 3.46. The Morgan fingerprint density at radius 2 is 1.85 bits per heavy atom. The zero-order chi connectivity index (χ0) is 23.6. The Balaban J connectivity index is 0.000000194. The van der Waals surface area contributed by atoms with Gasteiger partial charge in [-0.05, 0) is 63.4 Å². The van der Waals surface area contributed by atoms with E-state index in [4.69, 9.17) is 21.1 Å². The van der Waals surface area contributed by atoms with Crippen LogP contribution in [0, 0.1) is 0 Å². The van der Waals surface area contributed by atoms with Gasteiger partial charge in [0.15, 0.2) is 0 Å². The molecule has 2 N–H and O–H groups in total. The van der Waals surface area contributed by atoms with E-state index in [2.05, 4.69) is 23.6 Å². The van der Waals surface area contributed by atoms with E-state index in [1.165, 1.54) is 12.8 Å².